The lowest BCUT2D eigenvalue weighted by Gasteiger charge is -2.13. The summed E-state index contributed by atoms with van der Waals surface area (Å²) in [5.41, 5.74) is 2.85. The quantitative estimate of drug-likeness (QED) is 0.290. The van der Waals surface area contributed by atoms with Crippen LogP contribution in [0.5, 0.6) is 0 Å². The third kappa shape index (κ3) is 5.59. The molecule has 0 spiro atoms. The maximum absolute atomic E-state index is 14.3. The number of carbonyl (C=O) groups excluding carboxylic acids is 1. The minimum absolute atomic E-state index is 0.0207. The van der Waals surface area contributed by atoms with Gasteiger partial charge in [0.05, 0.1) is 12.8 Å². The minimum Gasteiger partial charge on any atom is -0.464 e. The van der Waals surface area contributed by atoms with Crippen molar-refractivity contribution in [3.8, 4) is 0 Å². The summed E-state index contributed by atoms with van der Waals surface area (Å²) < 4.78 is 19.1. The van der Waals surface area contributed by atoms with E-state index in [9.17, 15) is 9.18 Å². The van der Waals surface area contributed by atoms with Crippen LogP contribution in [0.25, 0.3) is 0 Å². The maximum atomic E-state index is 14.3. The zero-order valence-corrected chi connectivity index (χ0v) is 19.0. The van der Waals surface area contributed by atoms with Crippen molar-refractivity contribution in [3.63, 3.8) is 0 Å². The van der Waals surface area contributed by atoms with Gasteiger partial charge in [-0.15, -0.1) is 18.5 Å². The van der Waals surface area contributed by atoms with Crippen LogP contribution in [0.2, 0.25) is 0 Å². The molecular formula is C20H23FN2O4P2. The maximum Gasteiger partial charge on any atom is 0.360 e. The van der Waals surface area contributed by atoms with E-state index in [1.54, 1.807) is 19.1 Å². The van der Waals surface area contributed by atoms with Crippen LogP contribution in [0, 0.1) is 12.7 Å². The van der Waals surface area contributed by atoms with Crippen LogP contribution in [-0.4, -0.2) is 31.6 Å². The van der Waals surface area contributed by atoms with E-state index in [2.05, 4.69) is 28.8 Å². The minimum atomic E-state index is -0.634. The summed E-state index contributed by atoms with van der Waals surface area (Å²) in [5, 5.41) is 9.26. The van der Waals surface area contributed by atoms with Gasteiger partial charge < -0.3 is 14.4 Å². The molecule has 0 fully saturated rings. The summed E-state index contributed by atoms with van der Waals surface area (Å²) in [5.74, 6) is -1.02. The van der Waals surface area contributed by atoms with Gasteiger partial charge in [0.2, 0.25) is 0 Å². The number of hydrogen-bond donors (Lipinski definition) is 0. The smallest absolute Gasteiger partial charge is 0.360 e. The molecule has 2 aromatic rings. The number of carbonyl (C=O) groups is 1. The molecule has 0 aliphatic rings. The molecule has 0 aliphatic heterocycles. The Bertz CT molecular complexity index is 954. The third-order valence-electron chi connectivity index (χ3n) is 4.14. The molecule has 0 N–H and O–H groups in total. The third-order valence-corrected chi connectivity index (χ3v) is 4.93. The number of methoxy groups -OCH3 is 1. The Morgan fingerprint density at radius 1 is 1.17 bits per heavy atom. The van der Waals surface area contributed by atoms with Crippen LogP contribution in [-0.2, 0) is 25.8 Å². The molecule has 2 unspecified atom stereocenters. The highest BCUT2D eigenvalue weighted by molar-refractivity contribution is 7.29. The highest BCUT2D eigenvalue weighted by Gasteiger charge is 2.21. The second-order valence-electron chi connectivity index (χ2n) is 6.13. The van der Waals surface area contributed by atoms with Crippen molar-refractivity contribution in [2.24, 2.45) is 10.3 Å². The van der Waals surface area contributed by atoms with Gasteiger partial charge in [-0.05, 0) is 42.2 Å². The summed E-state index contributed by atoms with van der Waals surface area (Å²) in [4.78, 5) is 22.4. The zero-order valence-electron chi connectivity index (χ0n) is 16.7. The molecule has 9 heteroatoms. The molecule has 2 aromatic carbocycles. The number of aryl methyl sites for hydroxylation is 1. The van der Waals surface area contributed by atoms with Crippen molar-refractivity contribution in [1.82, 2.24) is 0 Å². The highest BCUT2D eigenvalue weighted by Crippen LogP contribution is 2.18. The molecule has 2 rings (SSSR count). The van der Waals surface area contributed by atoms with Crippen LogP contribution in [0.3, 0.4) is 0 Å². The van der Waals surface area contributed by atoms with Crippen LogP contribution in [0.1, 0.15) is 29.2 Å². The normalized spacial score (nSPS) is 12.0. The first-order valence-corrected chi connectivity index (χ1v) is 9.75. The first kappa shape index (κ1) is 22.9. The molecule has 2 atom stereocenters. The number of nitrogens with zero attached hydrogens (tertiary/aromatic N) is 2. The number of hydrogen-bond acceptors (Lipinski definition) is 6. The van der Waals surface area contributed by atoms with E-state index in [1.807, 2.05) is 19.1 Å². The van der Waals surface area contributed by atoms with E-state index in [0.717, 1.165) is 10.9 Å². The Hall–Kier alpha value is -2.36. The Morgan fingerprint density at radius 2 is 1.90 bits per heavy atom. The van der Waals surface area contributed by atoms with Crippen molar-refractivity contribution in [1.29, 1.82) is 0 Å². The van der Waals surface area contributed by atoms with Crippen molar-refractivity contribution in [2.75, 3.05) is 14.2 Å². The van der Waals surface area contributed by atoms with E-state index < -0.39 is 5.97 Å². The Balaban J connectivity index is 2.33. The molecule has 0 saturated carbocycles. The number of esters is 1. The molecule has 0 aromatic heterocycles. The van der Waals surface area contributed by atoms with Gasteiger partial charge in [0, 0.05) is 16.7 Å². The summed E-state index contributed by atoms with van der Waals surface area (Å²) in [6, 6.07) is 8.61. The fourth-order valence-corrected chi connectivity index (χ4v) is 3.83. The molecular weight excluding hydrogens is 413 g/mol. The molecule has 154 valence electrons. The average molecular weight is 436 g/mol. The summed E-state index contributed by atoms with van der Waals surface area (Å²) >= 11 is 0. The number of rotatable bonds is 7. The topological polar surface area (TPSA) is 69.5 Å². The second kappa shape index (κ2) is 10.4. The van der Waals surface area contributed by atoms with Gasteiger partial charge in [-0.25, -0.2) is 9.18 Å². The lowest BCUT2D eigenvalue weighted by Crippen LogP contribution is -2.20. The molecule has 6 nitrogen and oxygen atoms in total. The Kier molecular flexibility index (Phi) is 8.24. The molecule has 0 saturated heterocycles. The summed E-state index contributed by atoms with van der Waals surface area (Å²) in [7, 11) is 7.57. The van der Waals surface area contributed by atoms with Crippen LogP contribution in [0.15, 0.2) is 40.6 Å². The number of benzene rings is 2. The predicted octanol–water partition coefficient (Wildman–Crippen LogP) is 2.60. The second-order valence-corrected chi connectivity index (χ2v) is 7.42. The van der Waals surface area contributed by atoms with E-state index in [1.165, 1.54) is 20.3 Å². The van der Waals surface area contributed by atoms with Gasteiger partial charge in [0.25, 0.3) is 0 Å². The van der Waals surface area contributed by atoms with Gasteiger partial charge in [0.1, 0.15) is 19.5 Å². The van der Waals surface area contributed by atoms with Crippen LogP contribution >= 0.6 is 18.5 Å². The molecule has 0 radical (unpaired) electrons. The lowest BCUT2D eigenvalue weighted by molar-refractivity contribution is -0.132. The largest absolute Gasteiger partial charge is 0.464 e. The lowest BCUT2D eigenvalue weighted by atomic mass is 9.99. The number of halogens is 1. The standard InChI is InChI=1S/C20H23FN2O4P2/c1-11-6-5-7-14(19(23-26-4)20(24)25-3)15(11)10-27-22-12(2)18-16(21)8-13(28)9-17(18)29/h5-9H,10,28-29H2,1-4H3/b22-12+,23-19+. The molecule has 0 bridgehead atoms. The van der Waals surface area contributed by atoms with E-state index in [0.29, 0.717) is 27.7 Å². The summed E-state index contributed by atoms with van der Waals surface area (Å²) in [6.45, 7) is 3.59. The molecule has 0 amide bonds. The highest BCUT2D eigenvalue weighted by atomic mass is 31.0. The van der Waals surface area contributed by atoms with E-state index in [4.69, 9.17) is 14.4 Å². The van der Waals surface area contributed by atoms with Gasteiger partial charge in [0.15, 0.2) is 5.71 Å². The fourth-order valence-electron chi connectivity index (χ4n) is 2.77. The predicted molar refractivity (Wildman–Crippen MR) is 119 cm³/mol. The van der Waals surface area contributed by atoms with Crippen molar-refractivity contribution in [2.45, 2.75) is 20.5 Å². The first-order chi connectivity index (χ1) is 13.8. The molecule has 0 heterocycles. The molecule has 29 heavy (non-hydrogen) atoms. The van der Waals surface area contributed by atoms with Gasteiger partial charge >= 0.3 is 5.97 Å². The first-order valence-electron chi connectivity index (χ1n) is 8.59. The Morgan fingerprint density at radius 3 is 2.52 bits per heavy atom. The van der Waals surface area contributed by atoms with Gasteiger partial charge in [-0.3, -0.25) is 0 Å². The fraction of sp³-hybridized carbons (Fsp3) is 0.250. The van der Waals surface area contributed by atoms with Gasteiger partial charge in [-0.1, -0.05) is 28.5 Å². The van der Waals surface area contributed by atoms with Gasteiger partial charge in [-0.2, -0.15) is 0 Å². The average Bonchev–Trinajstić information content (AvgIpc) is 2.66. The van der Waals surface area contributed by atoms with E-state index in [-0.39, 0.29) is 18.1 Å². The zero-order chi connectivity index (χ0) is 21.6. The van der Waals surface area contributed by atoms with Crippen LogP contribution in [0.4, 0.5) is 4.39 Å². The molecule has 0 aliphatic carbocycles. The van der Waals surface area contributed by atoms with E-state index >= 15 is 0 Å². The van der Waals surface area contributed by atoms with Crippen molar-refractivity contribution in [3.05, 3.63) is 58.4 Å². The van der Waals surface area contributed by atoms with Crippen molar-refractivity contribution >= 4 is 46.5 Å². The number of ether oxygens (including phenoxy) is 1. The monoisotopic (exact) mass is 436 g/mol. The Labute approximate surface area is 173 Å². The number of oxime groups is 2. The van der Waals surface area contributed by atoms with Crippen molar-refractivity contribution < 1.29 is 23.6 Å². The van der Waals surface area contributed by atoms with Crippen LogP contribution < -0.4 is 10.6 Å². The SMILES string of the molecule is CO/N=C(/C(=O)OC)c1cccc(C)c1CO/N=C(\C)c1c(F)cc(P)cc1P. The summed E-state index contributed by atoms with van der Waals surface area (Å²) in [6.07, 6.45) is 0.